The average molecular weight is 273 g/mol. The molecule has 0 spiro atoms. The molecule has 17 heavy (non-hydrogen) atoms. The number of aromatic nitrogens is 4. The Labute approximate surface area is 103 Å². The summed E-state index contributed by atoms with van der Waals surface area (Å²) in [5.74, 6) is -0.347. The fraction of sp³-hybridized carbons (Fsp3) is 0.222. The molecule has 0 aromatic carbocycles. The lowest BCUT2D eigenvalue weighted by Gasteiger charge is -2.02. The first-order valence-electron chi connectivity index (χ1n) is 4.68. The van der Waals surface area contributed by atoms with E-state index in [1.54, 1.807) is 31.6 Å². The highest BCUT2D eigenvalue weighted by Gasteiger charge is 2.18. The smallest absolute Gasteiger partial charge is 0.238 e. The minimum Gasteiger partial charge on any atom is -0.265 e. The SMILES string of the molecule is Cn1nnc(CS(=O)(=O)Cl)c1-c1ccncc1. The molecule has 0 aliphatic rings. The van der Waals surface area contributed by atoms with Gasteiger partial charge in [-0.05, 0) is 12.1 Å². The van der Waals surface area contributed by atoms with Crippen LogP contribution in [0.25, 0.3) is 11.3 Å². The third-order valence-electron chi connectivity index (χ3n) is 2.16. The van der Waals surface area contributed by atoms with Gasteiger partial charge in [-0.1, -0.05) is 5.21 Å². The molecule has 0 saturated carbocycles. The first-order valence-corrected chi connectivity index (χ1v) is 7.16. The first-order chi connectivity index (χ1) is 7.97. The maximum atomic E-state index is 11.1. The summed E-state index contributed by atoms with van der Waals surface area (Å²) in [5, 5.41) is 7.61. The standard InChI is InChI=1S/C9H9ClN4O2S/c1-14-9(7-2-4-11-5-3-7)8(12-13-14)6-17(10,15)16/h2-5H,6H2,1H3. The summed E-state index contributed by atoms with van der Waals surface area (Å²) < 4.78 is 23.6. The van der Waals surface area contributed by atoms with Crippen LogP contribution in [0.5, 0.6) is 0 Å². The molecule has 2 aromatic rings. The van der Waals surface area contributed by atoms with Gasteiger partial charge in [0.1, 0.15) is 11.4 Å². The molecule has 8 heteroatoms. The van der Waals surface area contributed by atoms with Crippen molar-refractivity contribution in [3.63, 3.8) is 0 Å². The van der Waals surface area contributed by atoms with Gasteiger partial charge in [0.15, 0.2) is 0 Å². The van der Waals surface area contributed by atoms with Crippen LogP contribution in [0.1, 0.15) is 5.69 Å². The molecule has 0 atom stereocenters. The van der Waals surface area contributed by atoms with Crippen LogP contribution in [0, 0.1) is 0 Å². The van der Waals surface area contributed by atoms with Crippen LogP contribution in [0.3, 0.4) is 0 Å². The Morgan fingerprint density at radius 3 is 2.59 bits per heavy atom. The van der Waals surface area contributed by atoms with Crippen molar-refractivity contribution < 1.29 is 8.42 Å². The van der Waals surface area contributed by atoms with Gasteiger partial charge in [0.05, 0.1) is 5.69 Å². The second-order valence-electron chi connectivity index (χ2n) is 3.43. The van der Waals surface area contributed by atoms with Crippen LogP contribution in [0.15, 0.2) is 24.5 Å². The summed E-state index contributed by atoms with van der Waals surface area (Å²) in [6.07, 6.45) is 3.22. The summed E-state index contributed by atoms with van der Waals surface area (Å²) in [4.78, 5) is 3.89. The number of halogens is 1. The fourth-order valence-electron chi connectivity index (χ4n) is 1.52. The Balaban J connectivity index is 2.51. The van der Waals surface area contributed by atoms with Crippen molar-refractivity contribution in [3.05, 3.63) is 30.2 Å². The predicted molar refractivity (Wildman–Crippen MR) is 62.7 cm³/mol. The third-order valence-corrected chi connectivity index (χ3v) is 3.11. The Bertz CT molecular complexity index is 624. The van der Waals surface area contributed by atoms with Gasteiger partial charge in [0.2, 0.25) is 9.05 Å². The van der Waals surface area contributed by atoms with Gasteiger partial charge in [-0.3, -0.25) is 4.98 Å². The molecular formula is C9H9ClN4O2S. The second kappa shape index (κ2) is 4.42. The third kappa shape index (κ3) is 2.80. The van der Waals surface area contributed by atoms with Crippen LogP contribution in [-0.2, 0) is 21.9 Å². The Morgan fingerprint density at radius 1 is 1.35 bits per heavy atom. The van der Waals surface area contributed by atoms with E-state index < -0.39 is 9.05 Å². The maximum absolute atomic E-state index is 11.1. The van der Waals surface area contributed by atoms with Crippen LogP contribution in [-0.4, -0.2) is 28.4 Å². The molecule has 2 aromatic heterocycles. The Kier molecular flexibility index (Phi) is 3.12. The monoisotopic (exact) mass is 272 g/mol. The molecule has 0 amide bonds. The van der Waals surface area contributed by atoms with Crippen molar-refractivity contribution in [1.82, 2.24) is 20.0 Å². The fourth-order valence-corrected chi connectivity index (χ4v) is 2.35. The van der Waals surface area contributed by atoms with E-state index in [0.717, 1.165) is 5.56 Å². The van der Waals surface area contributed by atoms with Gasteiger partial charge >= 0.3 is 0 Å². The van der Waals surface area contributed by atoms with E-state index in [2.05, 4.69) is 15.3 Å². The molecule has 0 bridgehead atoms. The van der Waals surface area contributed by atoms with Crippen molar-refractivity contribution in [3.8, 4) is 11.3 Å². The highest BCUT2D eigenvalue weighted by Crippen LogP contribution is 2.22. The number of hydrogen-bond acceptors (Lipinski definition) is 5. The van der Waals surface area contributed by atoms with Gasteiger partial charge in [-0.2, -0.15) is 0 Å². The minimum atomic E-state index is -3.65. The molecule has 0 fully saturated rings. The molecule has 0 radical (unpaired) electrons. The largest absolute Gasteiger partial charge is 0.265 e. The number of nitrogens with zero attached hydrogens (tertiary/aromatic N) is 4. The van der Waals surface area contributed by atoms with E-state index in [0.29, 0.717) is 11.4 Å². The molecular weight excluding hydrogens is 264 g/mol. The van der Waals surface area contributed by atoms with Crippen LogP contribution in [0.2, 0.25) is 0 Å². The lowest BCUT2D eigenvalue weighted by atomic mass is 10.1. The molecule has 0 aliphatic carbocycles. The summed E-state index contributed by atoms with van der Waals surface area (Å²) in [6.45, 7) is 0. The summed E-state index contributed by atoms with van der Waals surface area (Å²) in [7, 11) is 3.25. The molecule has 0 N–H and O–H groups in total. The number of pyridine rings is 1. The summed E-state index contributed by atoms with van der Waals surface area (Å²) >= 11 is 0. The van der Waals surface area contributed by atoms with Gasteiger partial charge in [0, 0.05) is 35.7 Å². The van der Waals surface area contributed by atoms with Crippen molar-refractivity contribution in [1.29, 1.82) is 0 Å². The first kappa shape index (κ1) is 12.0. The molecule has 2 heterocycles. The molecule has 0 aliphatic heterocycles. The van der Waals surface area contributed by atoms with Crippen molar-refractivity contribution in [2.75, 3.05) is 0 Å². The topological polar surface area (TPSA) is 77.7 Å². The summed E-state index contributed by atoms with van der Waals surface area (Å²) in [6, 6.07) is 3.51. The van der Waals surface area contributed by atoms with E-state index >= 15 is 0 Å². The summed E-state index contributed by atoms with van der Waals surface area (Å²) in [5.41, 5.74) is 1.74. The molecule has 6 nitrogen and oxygen atoms in total. The average Bonchev–Trinajstić information content (AvgIpc) is 2.58. The highest BCUT2D eigenvalue weighted by molar-refractivity contribution is 8.13. The number of rotatable bonds is 3. The Morgan fingerprint density at radius 2 is 2.00 bits per heavy atom. The lowest BCUT2D eigenvalue weighted by molar-refractivity contribution is 0.608. The zero-order chi connectivity index (χ0) is 12.5. The van der Waals surface area contributed by atoms with E-state index in [9.17, 15) is 8.42 Å². The van der Waals surface area contributed by atoms with Crippen molar-refractivity contribution in [2.24, 2.45) is 7.05 Å². The van der Waals surface area contributed by atoms with Crippen molar-refractivity contribution >= 4 is 19.7 Å². The van der Waals surface area contributed by atoms with E-state index in [4.69, 9.17) is 10.7 Å². The minimum absolute atomic E-state index is 0.328. The Hall–Kier alpha value is -1.47. The van der Waals surface area contributed by atoms with Gasteiger partial charge in [-0.25, -0.2) is 13.1 Å². The van der Waals surface area contributed by atoms with Crippen molar-refractivity contribution in [2.45, 2.75) is 5.75 Å². The van der Waals surface area contributed by atoms with Gasteiger partial charge < -0.3 is 0 Å². The van der Waals surface area contributed by atoms with Crippen LogP contribution < -0.4 is 0 Å². The second-order valence-corrected chi connectivity index (χ2v) is 6.20. The molecule has 90 valence electrons. The van der Waals surface area contributed by atoms with Gasteiger partial charge in [0.25, 0.3) is 0 Å². The normalized spacial score (nSPS) is 11.6. The maximum Gasteiger partial charge on any atom is 0.238 e. The lowest BCUT2D eigenvalue weighted by Crippen LogP contribution is -1.99. The van der Waals surface area contributed by atoms with Crippen LogP contribution >= 0.6 is 10.7 Å². The zero-order valence-corrected chi connectivity index (χ0v) is 10.5. The van der Waals surface area contributed by atoms with E-state index in [1.807, 2.05) is 0 Å². The van der Waals surface area contributed by atoms with E-state index in [1.165, 1.54) is 4.68 Å². The molecule has 0 saturated heterocycles. The molecule has 2 rings (SSSR count). The van der Waals surface area contributed by atoms with Gasteiger partial charge in [-0.15, -0.1) is 5.10 Å². The predicted octanol–water partition coefficient (Wildman–Crippen LogP) is 0.946. The quantitative estimate of drug-likeness (QED) is 0.777. The number of hydrogen-bond donors (Lipinski definition) is 0. The van der Waals surface area contributed by atoms with E-state index in [-0.39, 0.29) is 5.75 Å². The highest BCUT2D eigenvalue weighted by atomic mass is 35.7. The van der Waals surface area contributed by atoms with Crippen LogP contribution in [0.4, 0.5) is 0 Å². The zero-order valence-electron chi connectivity index (χ0n) is 8.91. The number of aryl methyl sites for hydroxylation is 1. The molecule has 0 unspecified atom stereocenters.